The summed E-state index contributed by atoms with van der Waals surface area (Å²) in [6.45, 7) is 5.51. The molecule has 0 saturated carbocycles. The average molecular weight is 513 g/mol. The molecule has 1 aliphatic heterocycles. The Labute approximate surface area is 214 Å². The van der Waals surface area contributed by atoms with Gasteiger partial charge < -0.3 is 10.2 Å². The van der Waals surface area contributed by atoms with Gasteiger partial charge in [-0.1, -0.05) is 44.2 Å². The first kappa shape index (κ1) is 26.4. The van der Waals surface area contributed by atoms with Crippen LogP contribution >= 0.6 is 0 Å². The fraction of sp³-hybridized carbons (Fsp3) is 0.393. The van der Waals surface area contributed by atoms with Crippen molar-refractivity contribution in [2.75, 3.05) is 18.4 Å². The largest absolute Gasteiger partial charge is 0.416 e. The Balaban J connectivity index is 1.30. The van der Waals surface area contributed by atoms with Crippen LogP contribution in [0.25, 0.3) is 0 Å². The molecule has 1 aromatic heterocycles. The van der Waals surface area contributed by atoms with E-state index in [2.05, 4.69) is 24.3 Å². The number of benzene rings is 2. The number of anilines is 1. The lowest BCUT2D eigenvalue weighted by Gasteiger charge is -2.32. The summed E-state index contributed by atoms with van der Waals surface area (Å²) in [6, 6.07) is 12.9. The number of amides is 2. The van der Waals surface area contributed by atoms with Crippen molar-refractivity contribution in [1.29, 1.82) is 0 Å². The fourth-order valence-electron chi connectivity index (χ4n) is 4.70. The van der Waals surface area contributed by atoms with Gasteiger partial charge >= 0.3 is 6.18 Å². The zero-order chi connectivity index (χ0) is 26.6. The van der Waals surface area contributed by atoms with Gasteiger partial charge in [0, 0.05) is 24.8 Å². The minimum Gasteiger partial charge on any atom is -0.338 e. The number of piperidine rings is 1. The van der Waals surface area contributed by atoms with Crippen LogP contribution in [0, 0.1) is 5.92 Å². The Bertz CT molecular complexity index is 1230. The van der Waals surface area contributed by atoms with Crippen LogP contribution in [0.15, 0.2) is 60.9 Å². The molecule has 3 aromatic rings. The molecule has 0 atom stereocenters. The molecule has 1 fully saturated rings. The maximum Gasteiger partial charge on any atom is 0.416 e. The van der Waals surface area contributed by atoms with E-state index in [9.17, 15) is 22.8 Å². The summed E-state index contributed by atoms with van der Waals surface area (Å²) in [5.41, 5.74) is 1.44. The number of carbonyl (C=O) groups is 2. The number of nitrogens with one attached hydrogen (secondary N) is 1. The zero-order valence-electron chi connectivity index (χ0n) is 21.0. The Kier molecular flexibility index (Phi) is 8.00. The SMILES string of the molecule is CC(C)Cc1ccc(C(=O)N2CCC(n3cc(NC(=O)Cc4ccccc4C(F)(F)F)cn3)CC2)cc1. The quantitative estimate of drug-likeness (QED) is 0.438. The maximum absolute atomic E-state index is 13.2. The molecule has 196 valence electrons. The van der Waals surface area contributed by atoms with E-state index in [1.54, 1.807) is 10.9 Å². The van der Waals surface area contributed by atoms with Crippen molar-refractivity contribution in [2.45, 2.75) is 51.7 Å². The van der Waals surface area contributed by atoms with Gasteiger partial charge in [0.15, 0.2) is 0 Å². The van der Waals surface area contributed by atoms with Gasteiger partial charge in [-0.25, -0.2) is 0 Å². The number of aromatic nitrogens is 2. The zero-order valence-corrected chi connectivity index (χ0v) is 21.0. The molecule has 2 heterocycles. The molecule has 37 heavy (non-hydrogen) atoms. The number of carbonyl (C=O) groups excluding carboxylic acids is 2. The lowest BCUT2D eigenvalue weighted by molar-refractivity contribution is -0.138. The highest BCUT2D eigenvalue weighted by molar-refractivity contribution is 5.94. The van der Waals surface area contributed by atoms with E-state index < -0.39 is 17.6 Å². The molecule has 6 nitrogen and oxygen atoms in total. The number of alkyl halides is 3. The van der Waals surface area contributed by atoms with Crippen LogP contribution in [0.2, 0.25) is 0 Å². The highest BCUT2D eigenvalue weighted by Gasteiger charge is 2.33. The summed E-state index contributed by atoms with van der Waals surface area (Å²) in [5.74, 6) is 0.0287. The second-order valence-electron chi connectivity index (χ2n) is 9.91. The number of nitrogens with zero attached hydrogens (tertiary/aromatic N) is 3. The predicted octanol–water partition coefficient (Wildman–Crippen LogP) is 5.76. The van der Waals surface area contributed by atoms with E-state index >= 15 is 0 Å². The second-order valence-corrected chi connectivity index (χ2v) is 9.91. The van der Waals surface area contributed by atoms with Crippen LogP contribution < -0.4 is 5.32 Å². The lowest BCUT2D eigenvalue weighted by atomic mass is 10.0. The Morgan fingerprint density at radius 3 is 2.38 bits per heavy atom. The smallest absolute Gasteiger partial charge is 0.338 e. The van der Waals surface area contributed by atoms with E-state index in [1.165, 1.54) is 30.0 Å². The lowest BCUT2D eigenvalue weighted by Crippen LogP contribution is -2.39. The molecule has 9 heteroatoms. The van der Waals surface area contributed by atoms with Crippen molar-refractivity contribution in [3.8, 4) is 0 Å². The highest BCUT2D eigenvalue weighted by Crippen LogP contribution is 2.32. The normalized spacial score (nSPS) is 14.7. The maximum atomic E-state index is 13.2. The first-order valence-corrected chi connectivity index (χ1v) is 12.5. The predicted molar refractivity (Wildman–Crippen MR) is 135 cm³/mol. The van der Waals surface area contributed by atoms with E-state index in [-0.39, 0.29) is 23.9 Å². The third-order valence-corrected chi connectivity index (χ3v) is 6.53. The Morgan fingerprint density at radius 1 is 1.05 bits per heavy atom. The molecular formula is C28H31F3N4O2. The summed E-state index contributed by atoms with van der Waals surface area (Å²) in [5, 5.41) is 6.98. The molecule has 0 aliphatic carbocycles. The van der Waals surface area contributed by atoms with E-state index in [1.807, 2.05) is 29.2 Å². The molecular weight excluding hydrogens is 481 g/mol. The van der Waals surface area contributed by atoms with Crippen molar-refractivity contribution in [3.63, 3.8) is 0 Å². The number of halogens is 3. The molecule has 4 rings (SSSR count). The Hall–Kier alpha value is -3.62. The first-order valence-electron chi connectivity index (χ1n) is 12.5. The monoisotopic (exact) mass is 512 g/mol. The molecule has 2 amide bonds. The summed E-state index contributed by atoms with van der Waals surface area (Å²) >= 11 is 0. The van der Waals surface area contributed by atoms with Gasteiger partial charge in [0.2, 0.25) is 5.91 Å². The third kappa shape index (κ3) is 6.78. The molecule has 0 spiro atoms. The molecule has 1 N–H and O–H groups in total. The second kappa shape index (κ2) is 11.2. The van der Waals surface area contributed by atoms with Gasteiger partial charge in [-0.15, -0.1) is 0 Å². The Morgan fingerprint density at radius 2 is 1.73 bits per heavy atom. The summed E-state index contributed by atoms with van der Waals surface area (Å²) < 4.78 is 41.3. The van der Waals surface area contributed by atoms with Crippen molar-refractivity contribution >= 4 is 17.5 Å². The van der Waals surface area contributed by atoms with E-state index in [0.717, 1.165) is 12.5 Å². The molecule has 0 unspecified atom stereocenters. The molecule has 0 bridgehead atoms. The molecule has 1 aliphatic rings. The van der Waals surface area contributed by atoms with E-state index in [4.69, 9.17) is 0 Å². The van der Waals surface area contributed by atoms with Gasteiger partial charge in [0.25, 0.3) is 5.91 Å². The van der Waals surface area contributed by atoms with Crippen molar-refractivity contribution in [2.24, 2.45) is 5.92 Å². The van der Waals surface area contributed by atoms with Crippen LogP contribution in [-0.2, 0) is 23.8 Å². The minimum absolute atomic E-state index is 0.0158. The molecule has 2 aromatic carbocycles. The average Bonchev–Trinajstić information content (AvgIpc) is 3.32. The van der Waals surface area contributed by atoms with Crippen molar-refractivity contribution in [3.05, 3.63) is 83.2 Å². The van der Waals surface area contributed by atoms with Gasteiger partial charge in [0.05, 0.1) is 29.9 Å². The van der Waals surface area contributed by atoms with Crippen molar-refractivity contribution in [1.82, 2.24) is 14.7 Å². The number of likely N-dealkylation sites (tertiary alicyclic amines) is 1. The molecule has 0 radical (unpaired) electrons. The van der Waals surface area contributed by atoms with Gasteiger partial charge in [-0.2, -0.15) is 18.3 Å². The van der Waals surface area contributed by atoms with Crippen LogP contribution in [0.5, 0.6) is 0 Å². The first-order chi connectivity index (χ1) is 17.6. The minimum atomic E-state index is -4.52. The summed E-state index contributed by atoms with van der Waals surface area (Å²) in [7, 11) is 0. The van der Waals surface area contributed by atoms with Crippen molar-refractivity contribution < 1.29 is 22.8 Å². The summed E-state index contributed by atoms with van der Waals surface area (Å²) in [6.07, 6.45) is 0.672. The standard InChI is InChI=1S/C28H31F3N4O2/c1-19(2)15-20-7-9-21(10-8-20)27(37)34-13-11-24(12-14-34)35-18-23(17-32-35)33-26(36)16-22-5-3-4-6-25(22)28(29,30)31/h3-10,17-19,24H,11-16H2,1-2H3,(H,33,36). The van der Waals surface area contributed by atoms with Crippen LogP contribution in [0.3, 0.4) is 0 Å². The van der Waals surface area contributed by atoms with Crippen LogP contribution in [0.4, 0.5) is 18.9 Å². The number of rotatable bonds is 7. The topological polar surface area (TPSA) is 67.2 Å². The van der Waals surface area contributed by atoms with Gasteiger partial charge in [-0.05, 0) is 54.5 Å². The van der Waals surface area contributed by atoms with Gasteiger partial charge in [0.1, 0.15) is 0 Å². The number of hydrogen-bond acceptors (Lipinski definition) is 3. The molecule has 1 saturated heterocycles. The van der Waals surface area contributed by atoms with Crippen LogP contribution in [-0.4, -0.2) is 39.6 Å². The van der Waals surface area contributed by atoms with Crippen LogP contribution in [0.1, 0.15) is 59.8 Å². The number of hydrogen-bond donors (Lipinski definition) is 1. The summed E-state index contributed by atoms with van der Waals surface area (Å²) in [4.78, 5) is 27.2. The highest BCUT2D eigenvalue weighted by atomic mass is 19.4. The third-order valence-electron chi connectivity index (χ3n) is 6.53. The fourth-order valence-corrected chi connectivity index (χ4v) is 4.70. The van der Waals surface area contributed by atoms with Gasteiger partial charge in [-0.3, -0.25) is 14.3 Å². The van der Waals surface area contributed by atoms with E-state index in [0.29, 0.717) is 43.1 Å².